The van der Waals surface area contributed by atoms with E-state index in [0.717, 1.165) is 43.3 Å². The van der Waals surface area contributed by atoms with Crippen LogP contribution in [0.2, 0.25) is 0 Å². The molecule has 1 aliphatic rings. The summed E-state index contributed by atoms with van der Waals surface area (Å²) in [6.45, 7) is 3.66. The highest BCUT2D eigenvalue weighted by molar-refractivity contribution is 5.83. The lowest BCUT2D eigenvalue weighted by Gasteiger charge is -2.01. The van der Waals surface area contributed by atoms with Crippen molar-refractivity contribution in [2.75, 3.05) is 6.54 Å². The lowest BCUT2D eigenvalue weighted by atomic mass is 10.3. The van der Waals surface area contributed by atoms with Crippen LogP contribution < -0.4 is 5.32 Å². The Hall–Kier alpha value is -1.32. The van der Waals surface area contributed by atoms with Gasteiger partial charge in [0.25, 0.3) is 0 Å². The summed E-state index contributed by atoms with van der Waals surface area (Å²) >= 11 is 0. The number of rotatable bonds is 3. The molecule has 1 N–H and O–H groups in total. The minimum Gasteiger partial charge on any atom is -0.444 e. The van der Waals surface area contributed by atoms with Gasteiger partial charge in [-0.2, -0.15) is 0 Å². The van der Waals surface area contributed by atoms with Crippen LogP contribution in [0.4, 0.5) is 0 Å². The van der Waals surface area contributed by atoms with Crippen LogP contribution in [-0.4, -0.2) is 17.4 Å². The van der Waals surface area contributed by atoms with E-state index >= 15 is 0 Å². The first-order valence-corrected chi connectivity index (χ1v) is 5.09. The summed E-state index contributed by atoms with van der Waals surface area (Å²) in [5, 5.41) is 3.23. The Kier molecular flexibility index (Phi) is 2.81. The summed E-state index contributed by atoms with van der Waals surface area (Å²) in [5.74, 6) is 2.77. The summed E-state index contributed by atoms with van der Waals surface area (Å²) in [4.78, 5) is 8.48. The molecule has 0 aliphatic carbocycles. The Labute approximate surface area is 83.4 Å². The molecule has 0 saturated heterocycles. The number of aromatic nitrogens is 1. The molecule has 0 fully saturated rings. The number of oxazole rings is 1. The average molecular weight is 193 g/mol. The van der Waals surface area contributed by atoms with Crippen molar-refractivity contribution in [2.45, 2.75) is 32.7 Å². The number of nitrogens with zero attached hydrogens (tertiary/aromatic N) is 2. The van der Waals surface area contributed by atoms with E-state index in [-0.39, 0.29) is 0 Å². The third-order valence-corrected chi connectivity index (χ3v) is 2.27. The minimum atomic E-state index is 0.652. The highest BCUT2D eigenvalue weighted by Crippen LogP contribution is 2.05. The zero-order valence-electron chi connectivity index (χ0n) is 8.42. The van der Waals surface area contributed by atoms with Gasteiger partial charge < -0.3 is 9.73 Å². The Morgan fingerprint density at radius 3 is 3.14 bits per heavy atom. The molecule has 76 valence electrons. The molecule has 14 heavy (non-hydrogen) atoms. The quantitative estimate of drug-likeness (QED) is 0.791. The number of aliphatic imine (C=N–C) groups is 1. The van der Waals surface area contributed by atoms with Gasteiger partial charge in [-0.15, -0.1) is 0 Å². The Bertz CT molecular complexity index is 330. The maximum atomic E-state index is 5.46. The molecular formula is C10H15N3O. The van der Waals surface area contributed by atoms with Crippen molar-refractivity contribution in [1.82, 2.24) is 10.3 Å². The zero-order valence-corrected chi connectivity index (χ0v) is 8.42. The fraction of sp³-hybridized carbons (Fsp3) is 0.600. The van der Waals surface area contributed by atoms with Crippen molar-refractivity contribution >= 4 is 5.84 Å². The molecule has 0 aromatic carbocycles. The van der Waals surface area contributed by atoms with Gasteiger partial charge >= 0.3 is 0 Å². The van der Waals surface area contributed by atoms with E-state index < -0.39 is 0 Å². The second-order valence-electron chi connectivity index (χ2n) is 3.36. The number of nitrogens with one attached hydrogen (secondary N) is 1. The highest BCUT2D eigenvalue weighted by Gasteiger charge is 2.07. The van der Waals surface area contributed by atoms with Crippen LogP contribution in [0.1, 0.15) is 31.4 Å². The molecule has 0 unspecified atom stereocenters. The number of hydrogen-bond acceptors (Lipinski definition) is 4. The smallest absolute Gasteiger partial charge is 0.213 e. The molecule has 4 heteroatoms. The van der Waals surface area contributed by atoms with E-state index in [2.05, 4.69) is 22.2 Å². The molecule has 2 heterocycles. The fourth-order valence-electron chi connectivity index (χ4n) is 1.45. The monoisotopic (exact) mass is 193 g/mol. The van der Waals surface area contributed by atoms with Crippen LogP contribution in [0, 0.1) is 0 Å². The van der Waals surface area contributed by atoms with Crippen molar-refractivity contribution in [2.24, 2.45) is 4.99 Å². The van der Waals surface area contributed by atoms with Gasteiger partial charge in [-0.1, -0.05) is 6.92 Å². The van der Waals surface area contributed by atoms with Gasteiger partial charge in [-0.25, -0.2) is 4.98 Å². The molecule has 0 saturated carbocycles. The van der Waals surface area contributed by atoms with Crippen molar-refractivity contribution in [1.29, 1.82) is 0 Å². The summed E-state index contributed by atoms with van der Waals surface area (Å²) in [6.07, 6.45) is 4.90. The first-order chi connectivity index (χ1) is 6.88. The molecule has 1 aliphatic heterocycles. The van der Waals surface area contributed by atoms with Crippen molar-refractivity contribution < 1.29 is 4.42 Å². The zero-order chi connectivity index (χ0) is 9.80. The fourth-order valence-corrected chi connectivity index (χ4v) is 1.45. The van der Waals surface area contributed by atoms with Gasteiger partial charge in [0.1, 0.15) is 5.76 Å². The van der Waals surface area contributed by atoms with Gasteiger partial charge in [0.15, 0.2) is 0 Å². The molecule has 0 bridgehead atoms. The molecule has 0 spiro atoms. The largest absolute Gasteiger partial charge is 0.444 e. The Morgan fingerprint density at radius 2 is 2.50 bits per heavy atom. The number of aryl methyl sites for hydroxylation is 1. The van der Waals surface area contributed by atoms with E-state index in [1.165, 1.54) is 0 Å². The first kappa shape index (κ1) is 9.24. The molecule has 0 amide bonds. The molecule has 4 nitrogen and oxygen atoms in total. The standard InChI is InChI=1S/C10H15N3O/c1-2-8-6-13-10(14-8)7-12-9-4-3-5-11-9/h6H,2-5,7H2,1H3,(H,11,12). The molecule has 0 atom stereocenters. The van der Waals surface area contributed by atoms with Gasteiger partial charge in [-0.3, -0.25) is 4.99 Å². The van der Waals surface area contributed by atoms with E-state index in [4.69, 9.17) is 4.42 Å². The maximum absolute atomic E-state index is 5.46. The van der Waals surface area contributed by atoms with Crippen molar-refractivity contribution in [3.63, 3.8) is 0 Å². The first-order valence-electron chi connectivity index (χ1n) is 5.09. The van der Waals surface area contributed by atoms with Crippen molar-refractivity contribution in [3.05, 3.63) is 17.8 Å². The Morgan fingerprint density at radius 1 is 1.57 bits per heavy atom. The van der Waals surface area contributed by atoms with Crippen LogP contribution in [0.15, 0.2) is 15.6 Å². The predicted molar refractivity (Wildman–Crippen MR) is 54.3 cm³/mol. The van der Waals surface area contributed by atoms with Crippen LogP contribution in [0.3, 0.4) is 0 Å². The molecule has 1 aromatic rings. The number of amidine groups is 1. The van der Waals surface area contributed by atoms with Crippen LogP contribution in [-0.2, 0) is 13.0 Å². The SMILES string of the molecule is CCc1cnc(CNC2=NCCC2)o1. The van der Waals surface area contributed by atoms with Gasteiger partial charge in [0.05, 0.1) is 18.6 Å². The molecule has 2 rings (SSSR count). The lowest BCUT2D eigenvalue weighted by Crippen LogP contribution is -2.20. The van der Waals surface area contributed by atoms with Gasteiger partial charge in [-0.05, 0) is 6.42 Å². The van der Waals surface area contributed by atoms with Crippen LogP contribution >= 0.6 is 0 Å². The van der Waals surface area contributed by atoms with E-state index in [1.807, 2.05) is 0 Å². The summed E-state index contributed by atoms with van der Waals surface area (Å²) < 4.78 is 5.46. The van der Waals surface area contributed by atoms with Crippen molar-refractivity contribution in [3.8, 4) is 0 Å². The third-order valence-electron chi connectivity index (χ3n) is 2.27. The highest BCUT2D eigenvalue weighted by atomic mass is 16.4. The van der Waals surface area contributed by atoms with E-state index in [1.54, 1.807) is 6.20 Å². The van der Waals surface area contributed by atoms with Gasteiger partial charge in [0.2, 0.25) is 5.89 Å². The summed E-state index contributed by atoms with van der Waals surface area (Å²) in [5.41, 5.74) is 0. The normalized spacial score (nSPS) is 15.6. The summed E-state index contributed by atoms with van der Waals surface area (Å²) in [6, 6.07) is 0. The second kappa shape index (κ2) is 4.26. The topological polar surface area (TPSA) is 50.4 Å². The summed E-state index contributed by atoms with van der Waals surface area (Å²) in [7, 11) is 0. The predicted octanol–water partition coefficient (Wildman–Crippen LogP) is 1.52. The number of hydrogen-bond donors (Lipinski definition) is 1. The van der Waals surface area contributed by atoms with E-state index in [9.17, 15) is 0 Å². The van der Waals surface area contributed by atoms with Crippen LogP contribution in [0.5, 0.6) is 0 Å². The maximum Gasteiger partial charge on any atom is 0.213 e. The molecule has 1 aromatic heterocycles. The average Bonchev–Trinajstić information content (AvgIpc) is 2.86. The minimum absolute atomic E-state index is 0.652. The van der Waals surface area contributed by atoms with Crippen LogP contribution in [0.25, 0.3) is 0 Å². The van der Waals surface area contributed by atoms with Gasteiger partial charge in [0, 0.05) is 19.4 Å². The van der Waals surface area contributed by atoms with E-state index in [0.29, 0.717) is 6.54 Å². The molecule has 0 radical (unpaired) electrons. The molecular weight excluding hydrogens is 178 g/mol. The third kappa shape index (κ3) is 2.13. The Balaban J connectivity index is 1.85. The lowest BCUT2D eigenvalue weighted by molar-refractivity contribution is 0.453. The second-order valence-corrected chi connectivity index (χ2v) is 3.36.